The van der Waals surface area contributed by atoms with Gasteiger partial charge in [-0.05, 0) is 12.8 Å². The fraction of sp³-hybridized carbons (Fsp3) is 0.818. The van der Waals surface area contributed by atoms with Crippen LogP contribution in [0.15, 0.2) is 0 Å². The third-order valence-electron chi connectivity index (χ3n) is 2.98. The summed E-state index contributed by atoms with van der Waals surface area (Å²) in [4.78, 5) is 24.5. The molecule has 0 aromatic heterocycles. The van der Waals surface area contributed by atoms with Gasteiger partial charge in [0.05, 0.1) is 6.10 Å². The van der Waals surface area contributed by atoms with Gasteiger partial charge in [-0.15, -0.1) is 12.4 Å². The van der Waals surface area contributed by atoms with Crippen LogP contribution in [-0.2, 0) is 14.3 Å². The van der Waals surface area contributed by atoms with Gasteiger partial charge < -0.3 is 20.7 Å². The van der Waals surface area contributed by atoms with Gasteiger partial charge in [-0.2, -0.15) is 0 Å². The molecule has 0 aromatic rings. The van der Waals surface area contributed by atoms with E-state index in [-0.39, 0.29) is 30.3 Å². The summed E-state index contributed by atoms with van der Waals surface area (Å²) >= 11 is 0. The van der Waals surface area contributed by atoms with E-state index >= 15 is 0 Å². The van der Waals surface area contributed by atoms with Crippen molar-refractivity contribution in [3.8, 4) is 0 Å². The molecule has 1 heterocycles. The van der Waals surface area contributed by atoms with Crippen molar-refractivity contribution in [2.75, 3.05) is 27.2 Å². The van der Waals surface area contributed by atoms with Crippen molar-refractivity contribution < 1.29 is 14.3 Å². The molecular weight excluding hydrogens is 258 g/mol. The highest BCUT2D eigenvalue weighted by atomic mass is 35.5. The molecule has 0 radical (unpaired) electrons. The minimum atomic E-state index is -0.391. The number of ether oxygens (including phenoxy) is 1. The predicted molar refractivity (Wildman–Crippen MR) is 70.5 cm³/mol. The van der Waals surface area contributed by atoms with Gasteiger partial charge in [0.2, 0.25) is 5.91 Å². The lowest BCUT2D eigenvalue weighted by Crippen LogP contribution is -2.38. The fourth-order valence-electron chi connectivity index (χ4n) is 1.81. The Morgan fingerprint density at radius 2 is 2.11 bits per heavy atom. The van der Waals surface area contributed by atoms with Crippen LogP contribution in [-0.4, -0.2) is 56.1 Å². The van der Waals surface area contributed by atoms with Gasteiger partial charge in [-0.3, -0.25) is 9.59 Å². The third-order valence-corrected chi connectivity index (χ3v) is 2.98. The zero-order valence-corrected chi connectivity index (χ0v) is 11.7. The van der Waals surface area contributed by atoms with E-state index in [0.29, 0.717) is 25.9 Å². The van der Waals surface area contributed by atoms with Crippen molar-refractivity contribution in [2.45, 2.75) is 31.5 Å². The van der Waals surface area contributed by atoms with Crippen molar-refractivity contribution >= 4 is 24.2 Å². The number of halogens is 1. The van der Waals surface area contributed by atoms with Crippen molar-refractivity contribution in [1.82, 2.24) is 10.2 Å². The summed E-state index contributed by atoms with van der Waals surface area (Å²) in [6.45, 7) is 0.859. The van der Waals surface area contributed by atoms with E-state index in [1.807, 2.05) is 0 Å². The molecule has 1 saturated heterocycles. The maximum absolute atomic E-state index is 11.9. The first-order valence-corrected chi connectivity index (χ1v) is 5.89. The lowest BCUT2D eigenvalue weighted by Gasteiger charge is -2.20. The van der Waals surface area contributed by atoms with Crippen molar-refractivity contribution in [3.05, 3.63) is 0 Å². The summed E-state index contributed by atoms with van der Waals surface area (Å²) in [7, 11) is 3.26. The fourth-order valence-corrected chi connectivity index (χ4v) is 1.81. The zero-order valence-electron chi connectivity index (χ0n) is 10.8. The molecule has 0 bridgehead atoms. The van der Waals surface area contributed by atoms with E-state index in [0.717, 1.165) is 6.42 Å². The van der Waals surface area contributed by atoms with Gasteiger partial charge in [0, 0.05) is 33.6 Å². The average Bonchev–Trinajstić information content (AvgIpc) is 2.83. The Labute approximate surface area is 114 Å². The number of nitrogens with two attached hydrogens (primary N) is 1. The molecule has 0 aromatic carbocycles. The lowest BCUT2D eigenvalue weighted by atomic mass is 10.2. The van der Waals surface area contributed by atoms with E-state index in [4.69, 9.17) is 10.5 Å². The molecule has 2 amide bonds. The Hall–Kier alpha value is -0.850. The molecule has 1 rings (SSSR count). The van der Waals surface area contributed by atoms with Crippen LogP contribution in [0.3, 0.4) is 0 Å². The van der Waals surface area contributed by atoms with Gasteiger partial charge in [0.25, 0.3) is 5.91 Å². The van der Waals surface area contributed by atoms with Crippen LogP contribution in [0, 0.1) is 0 Å². The molecule has 0 spiro atoms. The van der Waals surface area contributed by atoms with Crippen molar-refractivity contribution in [2.24, 2.45) is 5.73 Å². The number of rotatable bonds is 5. The van der Waals surface area contributed by atoms with E-state index in [2.05, 4.69) is 5.32 Å². The van der Waals surface area contributed by atoms with Crippen LogP contribution in [0.2, 0.25) is 0 Å². The number of nitrogens with one attached hydrogen (secondary N) is 1. The molecule has 3 N–H and O–H groups in total. The minimum absolute atomic E-state index is 0. The molecule has 1 aliphatic heterocycles. The largest absolute Gasteiger partial charge is 0.364 e. The number of carbonyl (C=O) groups is 2. The zero-order chi connectivity index (χ0) is 12.8. The molecule has 0 saturated carbocycles. The van der Waals surface area contributed by atoms with Crippen LogP contribution in [0.5, 0.6) is 0 Å². The topological polar surface area (TPSA) is 84.7 Å². The van der Waals surface area contributed by atoms with Crippen LogP contribution >= 0.6 is 12.4 Å². The highest BCUT2D eigenvalue weighted by Gasteiger charge is 2.31. The molecule has 7 heteroatoms. The van der Waals surface area contributed by atoms with Crippen LogP contribution in [0.25, 0.3) is 0 Å². The van der Waals surface area contributed by atoms with Gasteiger partial charge in [-0.25, -0.2) is 0 Å². The second kappa shape index (κ2) is 8.29. The molecule has 6 nitrogen and oxygen atoms in total. The number of carbonyl (C=O) groups excluding carboxylic acids is 2. The SMILES string of the molecule is CNC(=O)CCN(C)C(=O)[C@@H]1CC[C@H](CN)O1.Cl. The number of likely N-dealkylation sites (N-methyl/N-ethyl adjacent to an activating group) is 1. The van der Waals surface area contributed by atoms with Crippen LogP contribution in [0.4, 0.5) is 0 Å². The Balaban J connectivity index is 0.00000289. The molecule has 106 valence electrons. The maximum atomic E-state index is 11.9. The molecule has 18 heavy (non-hydrogen) atoms. The summed E-state index contributed by atoms with van der Waals surface area (Å²) in [5, 5.41) is 2.52. The molecule has 0 unspecified atom stereocenters. The van der Waals surface area contributed by atoms with Gasteiger partial charge in [-0.1, -0.05) is 0 Å². The minimum Gasteiger partial charge on any atom is -0.364 e. The number of amides is 2. The molecular formula is C11H22ClN3O3. The van der Waals surface area contributed by atoms with Gasteiger partial charge in [0.1, 0.15) is 6.10 Å². The van der Waals surface area contributed by atoms with Crippen molar-refractivity contribution in [1.29, 1.82) is 0 Å². The summed E-state index contributed by atoms with van der Waals surface area (Å²) in [5.74, 6) is -0.137. The monoisotopic (exact) mass is 279 g/mol. The van der Waals surface area contributed by atoms with Crippen LogP contribution in [0.1, 0.15) is 19.3 Å². The highest BCUT2D eigenvalue weighted by Crippen LogP contribution is 2.20. The normalized spacial score (nSPS) is 22.2. The van der Waals surface area contributed by atoms with Crippen molar-refractivity contribution in [3.63, 3.8) is 0 Å². The smallest absolute Gasteiger partial charge is 0.251 e. The van der Waals surface area contributed by atoms with E-state index in [9.17, 15) is 9.59 Å². The quantitative estimate of drug-likeness (QED) is 0.711. The highest BCUT2D eigenvalue weighted by molar-refractivity contribution is 5.85. The van der Waals surface area contributed by atoms with Gasteiger partial charge >= 0.3 is 0 Å². The first-order chi connectivity index (χ1) is 8.08. The van der Waals surface area contributed by atoms with Gasteiger partial charge in [0.15, 0.2) is 0 Å². The van der Waals surface area contributed by atoms with E-state index in [1.165, 1.54) is 0 Å². The number of hydrogen-bond donors (Lipinski definition) is 2. The second-order valence-electron chi connectivity index (χ2n) is 4.24. The third kappa shape index (κ3) is 4.80. The Morgan fingerprint density at radius 3 is 2.61 bits per heavy atom. The van der Waals surface area contributed by atoms with E-state index in [1.54, 1.807) is 19.0 Å². The summed E-state index contributed by atoms with van der Waals surface area (Å²) in [6, 6.07) is 0. The maximum Gasteiger partial charge on any atom is 0.251 e. The molecule has 1 fully saturated rings. The first-order valence-electron chi connectivity index (χ1n) is 5.89. The number of hydrogen-bond acceptors (Lipinski definition) is 4. The molecule has 1 aliphatic rings. The number of nitrogens with zero attached hydrogens (tertiary/aromatic N) is 1. The van der Waals surface area contributed by atoms with E-state index < -0.39 is 6.10 Å². The molecule has 0 aliphatic carbocycles. The molecule has 2 atom stereocenters. The van der Waals surface area contributed by atoms with Crippen LogP contribution < -0.4 is 11.1 Å². The Bertz CT molecular complexity index is 289. The summed E-state index contributed by atoms with van der Waals surface area (Å²) in [6.07, 6.45) is 1.46. The average molecular weight is 280 g/mol. The predicted octanol–water partition coefficient (Wildman–Crippen LogP) is -0.491. The standard InChI is InChI=1S/C11H21N3O3.ClH/c1-13-10(15)5-6-14(2)11(16)9-4-3-8(7-12)17-9;/h8-9H,3-7,12H2,1-2H3,(H,13,15);1H/t8-,9+;/m1./s1. The Kier molecular flexibility index (Phi) is 7.90. The summed E-state index contributed by atoms with van der Waals surface area (Å²) in [5.41, 5.74) is 5.49. The second-order valence-corrected chi connectivity index (χ2v) is 4.24. The summed E-state index contributed by atoms with van der Waals surface area (Å²) < 4.78 is 5.51. The Morgan fingerprint density at radius 1 is 1.44 bits per heavy atom. The first kappa shape index (κ1) is 17.2. The lowest BCUT2D eigenvalue weighted by molar-refractivity contribution is -0.141.